The Morgan fingerprint density at radius 1 is 1.43 bits per heavy atom. The van der Waals surface area contributed by atoms with Gasteiger partial charge in [-0.25, -0.2) is 18.4 Å². The highest BCUT2D eigenvalue weighted by atomic mass is 31.3. The lowest BCUT2D eigenvalue weighted by atomic mass is 10.8. The van der Waals surface area contributed by atoms with Crippen LogP contribution in [-0.2, 0) is 27.0 Å². The molecule has 3 unspecified atom stereocenters. The summed E-state index contributed by atoms with van der Waals surface area (Å²) in [6.07, 6.45) is -3.33. The van der Waals surface area contributed by atoms with Crippen LogP contribution in [0.15, 0.2) is 0 Å². The molecule has 14 heavy (non-hydrogen) atoms. The van der Waals surface area contributed by atoms with E-state index in [1.165, 1.54) is 0 Å². The Morgan fingerprint density at radius 2 is 2.00 bits per heavy atom. The van der Waals surface area contributed by atoms with Crippen LogP contribution in [-0.4, -0.2) is 22.4 Å². The summed E-state index contributed by atoms with van der Waals surface area (Å²) >= 11 is 0. The summed E-state index contributed by atoms with van der Waals surface area (Å²) in [5.41, 5.74) is 0. The van der Waals surface area contributed by atoms with Crippen molar-refractivity contribution in [3.8, 4) is 0 Å². The second kappa shape index (κ2) is 3.62. The molecule has 11 heteroatoms. The first-order valence-corrected chi connectivity index (χ1v) is 6.11. The smallest absolute Gasteiger partial charge is 0.449 e. The highest BCUT2D eigenvalue weighted by Crippen LogP contribution is 2.68. The van der Waals surface area contributed by atoms with Crippen molar-refractivity contribution < 1.29 is 41.8 Å². The summed E-state index contributed by atoms with van der Waals surface area (Å²) < 4.78 is 38.1. The predicted molar refractivity (Wildman–Crippen MR) is 39.3 cm³/mol. The molecule has 1 rings (SSSR count). The van der Waals surface area contributed by atoms with Crippen molar-refractivity contribution in [2.45, 2.75) is 13.2 Å². The zero-order valence-electron chi connectivity index (χ0n) is 6.72. The third-order valence-corrected chi connectivity index (χ3v) is 4.08. The second-order valence-electron chi connectivity index (χ2n) is 2.13. The van der Waals surface area contributed by atoms with Crippen LogP contribution >= 0.6 is 15.6 Å². The third kappa shape index (κ3) is 3.06. The molecule has 0 amide bonds. The van der Waals surface area contributed by atoms with Gasteiger partial charge in [0.1, 0.15) is 0 Å². The van der Waals surface area contributed by atoms with Gasteiger partial charge in [-0.3, -0.25) is 4.52 Å². The van der Waals surface area contributed by atoms with E-state index in [9.17, 15) is 13.9 Å². The van der Waals surface area contributed by atoms with Gasteiger partial charge in [-0.05, 0) is 6.92 Å². The van der Waals surface area contributed by atoms with Crippen LogP contribution in [0.2, 0.25) is 0 Å². The quantitative estimate of drug-likeness (QED) is 0.659. The van der Waals surface area contributed by atoms with Crippen molar-refractivity contribution in [2.24, 2.45) is 0 Å². The molecular weight excluding hydrogens is 242 g/mol. The molecule has 0 aliphatic carbocycles. The molecule has 0 bridgehead atoms. The van der Waals surface area contributed by atoms with Crippen molar-refractivity contribution in [1.82, 2.24) is 0 Å². The molecule has 1 aliphatic rings. The fourth-order valence-corrected chi connectivity index (χ4v) is 3.27. The average molecular weight is 248 g/mol. The van der Waals surface area contributed by atoms with Crippen LogP contribution < -0.4 is 0 Å². The first-order chi connectivity index (χ1) is 6.22. The van der Waals surface area contributed by atoms with E-state index in [0.717, 1.165) is 6.92 Å². The minimum Gasteiger partial charge on any atom is -0.449 e. The van der Waals surface area contributed by atoms with E-state index in [1.54, 1.807) is 0 Å². The molecule has 0 spiro atoms. The van der Waals surface area contributed by atoms with Gasteiger partial charge >= 0.3 is 21.8 Å². The van der Waals surface area contributed by atoms with E-state index in [4.69, 9.17) is 10.00 Å². The van der Waals surface area contributed by atoms with Gasteiger partial charge in [0.2, 0.25) is 0 Å². The monoisotopic (exact) mass is 248 g/mol. The fourth-order valence-electron chi connectivity index (χ4n) is 0.687. The number of carboxylic acid groups (broad SMARTS) is 1. The molecular formula is C3H6O9P2. The molecule has 2 N–H and O–H groups in total. The van der Waals surface area contributed by atoms with Gasteiger partial charge in [-0.2, -0.15) is 4.31 Å². The lowest BCUT2D eigenvalue weighted by Gasteiger charge is -2.27. The highest BCUT2D eigenvalue weighted by Gasteiger charge is 2.48. The molecule has 0 aromatic carbocycles. The van der Waals surface area contributed by atoms with Crippen LogP contribution in [0.3, 0.4) is 0 Å². The van der Waals surface area contributed by atoms with Gasteiger partial charge in [0.05, 0.1) is 0 Å². The molecule has 82 valence electrons. The Bertz CT molecular complexity index is 335. The second-order valence-corrected chi connectivity index (χ2v) is 5.22. The normalized spacial score (nSPS) is 43.1. The first kappa shape index (κ1) is 11.6. The van der Waals surface area contributed by atoms with Crippen molar-refractivity contribution in [2.75, 3.05) is 0 Å². The highest BCUT2D eigenvalue weighted by molar-refractivity contribution is 7.62. The number of phosphoric ester groups is 2. The summed E-state index contributed by atoms with van der Waals surface area (Å²) in [7, 11) is -9.18. The molecule has 0 saturated carbocycles. The van der Waals surface area contributed by atoms with Crippen molar-refractivity contribution in [3.05, 3.63) is 0 Å². The first-order valence-electron chi connectivity index (χ1n) is 3.16. The minimum absolute atomic E-state index is 1.13. The lowest BCUT2D eigenvalue weighted by molar-refractivity contribution is -0.0491. The number of hydrogen-bond donors (Lipinski definition) is 2. The summed E-state index contributed by atoms with van der Waals surface area (Å²) in [4.78, 5) is 18.8. The van der Waals surface area contributed by atoms with Gasteiger partial charge in [0, 0.05) is 0 Å². The zero-order valence-corrected chi connectivity index (χ0v) is 8.51. The topological polar surface area (TPSA) is 129 Å². The van der Waals surface area contributed by atoms with Gasteiger partial charge < -0.3 is 14.5 Å². The zero-order chi connectivity index (χ0) is 11.0. The maximum Gasteiger partial charge on any atom is 0.545 e. The molecule has 9 nitrogen and oxygen atoms in total. The molecule has 1 heterocycles. The van der Waals surface area contributed by atoms with E-state index in [2.05, 4.69) is 17.9 Å². The number of carbonyl (C=O) groups is 1. The molecule has 1 fully saturated rings. The SMILES string of the molecule is CC1OP(=O)(O)OP(=O)(OC(=O)O)O1. The Balaban J connectivity index is 2.85. The average Bonchev–Trinajstić information content (AvgIpc) is 1.74. The molecule has 0 radical (unpaired) electrons. The van der Waals surface area contributed by atoms with E-state index in [-0.39, 0.29) is 0 Å². The Labute approximate surface area is 77.8 Å². The van der Waals surface area contributed by atoms with Crippen LogP contribution in [0.25, 0.3) is 0 Å². The third-order valence-electron chi connectivity index (χ3n) is 0.952. The maximum atomic E-state index is 11.2. The lowest BCUT2D eigenvalue weighted by Crippen LogP contribution is -2.19. The number of rotatable bonds is 1. The van der Waals surface area contributed by atoms with E-state index in [0.29, 0.717) is 0 Å². The van der Waals surface area contributed by atoms with Crippen LogP contribution in [0.5, 0.6) is 0 Å². The van der Waals surface area contributed by atoms with E-state index < -0.39 is 28.1 Å². The largest absolute Gasteiger partial charge is 0.545 e. The Morgan fingerprint density at radius 3 is 2.43 bits per heavy atom. The van der Waals surface area contributed by atoms with Gasteiger partial charge in [0.25, 0.3) is 0 Å². The number of hydrogen-bond acceptors (Lipinski definition) is 7. The summed E-state index contributed by atoms with van der Waals surface area (Å²) in [5, 5.41) is 8.12. The maximum absolute atomic E-state index is 11.2. The van der Waals surface area contributed by atoms with Crippen LogP contribution in [0.4, 0.5) is 4.79 Å². The fraction of sp³-hybridized carbons (Fsp3) is 0.667. The van der Waals surface area contributed by atoms with Crippen molar-refractivity contribution in [1.29, 1.82) is 0 Å². The molecule has 0 aromatic heterocycles. The molecule has 1 aliphatic heterocycles. The van der Waals surface area contributed by atoms with Gasteiger partial charge in [-0.1, -0.05) is 0 Å². The van der Waals surface area contributed by atoms with Crippen LogP contribution in [0.1, 0.15) is 6.92 Å². The predicted octanol–water partition coefficient (Wildman–Crippen LogP) is 1.30. The van der Waals surface area contributed by atoms with Crippen molar-refractivity contribution in [3.63, 3.8) is 0 Å². The Kier molecular flexibility index (Phi) is 3.01. The van der Waals surface area contributed by atoms with Crippen molar-refractivity contribution >= 4 is 21.8 Å². The van der Waals surface area contributed by atoms with Gasteiger partial charge in [-0.15, -0.1) is 0 Å². The van der Waals surface area contributed by atoms with Crippen LogP contribution in [0, 0.1) is 0 Å². The van der Waals surface area contributed by atoms with E-state index in [1.807, 2.05) is 0 Å². The molecule has 0 aromatic rings. The van der Waals surface area contributed by atoms with E-state index >= 15 is 0 Å². The Hall–Kier alpha value is -0.430. The minimum atomic E-state index is -4.60. The summed E-state index contributed by atoms with van der Waals surface area (Å²) in [5.74, 6) is 0. The molecule has 3 atom stereocenters. The number of phosphoric acid groups is 2. The van der Waals surface area contributed by atoms with Gasteiger partial charge in [0.15, 0.2) is 6.29 Å². The summed E-state index contributed by atoms with van der Waals surface area (Å²) in [6, 6.07) is 0. The standard InChI is InChI=1S/C3H6O9P2/c1-2-9-13(6,7)12-14(8,10-2)11-3(4)5/h2H,1H3,(H,4,5)(H,6,7). The summed E-state index contributed by atoms with van der Waals surface area (Å²) in [6.45, 7) is 1.13. The molecule has 1 saturated heterocycles.